The summed E-state index contributed by atoms with van der Waals surface area (Å²) in [4.78, 5) is 0. The van der Waals surface area contributed by atoms with Crippen molar-refractivity contribution < 1.29 is 9.13 Å². The molecular formula is C17H20FNO. The predicted molar refractivity (Wildman–Crippen MR) is 79.7 cm³/mol. The molecule has 0 spiro atoms. The van der Waals surface area contributed by atoms with Crippen molar-refractivity contribution in [1.29, 1.82) is 0 Å². The van der Waals surface area contributed by atoms with Crippen LogP contribution < -0.4 is 10.1 Å². The number of hydrogen-bond acceptors (Lipinski definition) is 2. The molecule has 0 radical (unpaired) electrons. The number of nitrogens with one attached hydrogen (secondary N) is 1. The fourth-order valence-electron chi connectivity index (χ4n) is 2.00. The van der Waals surface area contributed by atoms with Crippen molar-refractivity contribution in [2.24, 2.45) is 0 Å². The summed E-state index contributed by atoms with van der Waals surface area (Å²) in [6.07, 6.45) is 1.10. The van der Waals surface area contributed by atoms with E-state index in [4.69, 9.17) is 4.74 Å². The number of benzene rings is 2. The lowest BCUT2D eigenvalue weighted by atomic mass is 10.2. The van der Waals surface area contributed by atoms with Gasteiger partial charge < -0.3 is 10.1 Å². The second-order valence-corrected chi connectivity index (χ2v) is 4.80. The van der Waals surface area contributed by atoms with Crippen molar-refractivity contribution in [2.45, 2.75) is 26.8 Å². The van der Waals surface area contributed by atoms with E-state index in [0.717, 1.165) is 36.4 Å². The molecule has 106 valence electrons. The highest BCUT2D eigenvalue weighted by molar-refractivity contribution is 5.41. The highest BCUT2D eigenvalue weighted by Crippen LogP contribution is 2.28. The second-order valence-electron chi connectivity index (χ2n) is 4.80. The molecule has 0 aliphatic rings. The van der Waals surface area contributed by atoms with E-state index in [2.05, 4.69) is 12.2 Å². The van der Waals surface area contributed by atoms with Gasteiger partial charge in [-0.25, -0.2) is 4.39 Å². The summed E-state index contributed by atoms with van der Waals surface area (Å²) < 4.78 is 19.0. The maximum atomic E-state index is 13.1. The summed E-state index contributed by atoms with van der Waals surface area (Å²) in [5.74, 6) is 1.26. The Morgan fingerprint density at radius 2 is 1.90 bits per heavy atom. The van der Waals surface area contributed by atoms with Gasteiger partial charge in [-0.2, -0.15) is 0 Å². The second kappa shape index (κ2) is 7.06. The third kappa shape index (κ3) is 3.81. The highest BCUT2D eigenvalue weighted by atomic mass is 19.1. The predicted octanol–water partition coefficient (Wildman–Crippen LogP) is 4.43. The minimum absolute atomic E-state index is 0.243. The van der Waals surface area contributed by atoms with E-state index in [-0.39, 0.29) is 5.82 Å². The molecule has 0 atom stereocenters. The molecule has 0 aromatic heterocycles. The Morgan fingerprint density at radius 1 is 1.10 bits per heavy atom. The van der Waals surface area contributed by atoms with E-state index in [0.29, 0.717) is 5.75 Å². The fraction of sp³-hybridized carbons (Fsp3) is 0.294. The third-order valence-corrected chi connectivity index (χ3v) is 3.07. The SMILES string of the molecule is CCCNCc1ccccc1Oc1ccc(F)cc1C. The monoisotopic (exact) mass is 273 g/mol. The summed E-state index contributed by atoms with van der Waals surface area (Å²) in [5, 5.41) is 3.36. The van der Waals surface area contributed by atoms with Crippen LogP contribution in [0.4, 0.5) is 4.39 Å². The van der Waals surface area contributed by atoms with Gasteiger partial charge in [-0.1, -0.05) is 25.1 Å². The minimum atomic E-state index is -0.243. The van der Waals surface area contributed by atoms with Crippen LogP contribution in [0.15, 0.2) is 42.5 Å². The molecular weight excluding hydrogens is 253 g/mol. The van der Waals surface area contributed by atoms with E-state index in [1.165, 1.54) is 12.1 Å². The third-order valence-electron chi connectivity index (χ3n) is 3.07. The number of ether oxygens (including phenoxy) is 1. The topological polar surface area (TPSA) is 21.3 Å². The van der Waals surface area contributed by atoms with Gasteiger partial charge >= 0.3 is 0 Å². The van der Waals surface area contributed by atoms with Crippen molar-refractivity contribution in [2.75, 3.05) is 6.54 Å². The normalized spacial score (nSPS) is 10.6. The van der Waals surface area contributed by atoms with E-state index < -0.39 is 0 Å². The van der Waals surface area contributed by atoms with E-state index in [1.54, 1.807) is 6.07 Å². The molecule has 0 saturated heterocycles. The van der Waals surface area contributed by atoms with Gasteiger partial charge in [0.25, 0.3) is 0 Å². The van der Waals surface area contributed by atoms with Gasteiger partial charge in [0.2, 0.25) is 0 Å². The van der Waals surface area contributed by atoms with Crippen LogP contribution >= 0.6 is 0 Å². The summed E-state index contributed by atoms with van der Waals surface area (Å²) in [7, 11) is 0. The van der Waals surface area contributed by atoms with Gasteiger partial charge in [0, 0.05) is 12.1 Å². The van der Waals surface area contributed by atoms with Gasteiger partial charge in [-0.15, -0.1) is 0 Å². The average molecular weight is 273 g/mol. The summed E-state index contributed by atoms with van der Waals surface area (Å²) in [6.45, 7) is 5.72. The molecule has 2 nitrogen and oxygen atoms in total. The Hall–Kier alpha value is -1.87. The van der Waals surface area contributed by atoms with Crippen LogP contribution in [-0.2, 0) is 6.54 Å². The lowest BCUT2D eigenvalue weighted by Crippen LogP contribution is -2.14. The zero-order valence-electron chi connectivity index (χ0n) is 11.9. The van der Waals surface area contributed by atoms with Crippen molar-refractivity contribution in [3.05, 3.63) is 59.4 Å². The molecule has 0 aliphatic heterocycles. The van der Waals surface area contributed by atoms with E-state index in [9.17, 15) is 4.39 Å². The highest BCUT2D eigenvalue weighted by Gasteiger charge is 2.06. The van der Waals surface area contributed by atoms with Crippen LogP contribution in [0.5, 0.6) is 11.5 Å². The largest absolute Gasteiger partial charge is 0.457 e. The standard InChI is InChI=1S/C17H20FNO/c1-3-10-19-12-14-6-4-5-7-17(14)20-16-9-8-15(18)11-13(16)2/h4-9,11,19H,3,10,12H2,1-2H3. The maximum absolute atomic E-state index is 13.1. The lowest BCUT2D eigenvalue weighted by Gasteiger charge is -2.13. The molecule has 3 heteroatoms. The quantitative estimate of drug-likeness (QED) is 0.786. The number of halogens is 1. The molecule has 0 heterocycles. The molecule has 20 heavy (non-hydrogen) atoms. The van der Waals surface area contributed by atoms with Crippen LogP contribution in [0.1, 0.15) is 24.5 Å². The van der Waals surface area contributed by atoms with Crippen LogP contribution in [-0.4, -0.2) is 6.54 Å². The summed E-state index contributed by atoms with van der Waals surface area (Å²) >= 11 is 0. The van der Waals surface area contributed by atoms with Gasteiger partial charge in [0.1, 0.15) is 17.3 Å². The van der Waals surface area contributed by atoms with Gasteiger partial charge in [0.05, 0.1) is 0 Å². The van der Waals surface area contributed by atoms with Crippen LogP contribution in [0.3, 0.4) is 0 Å². The molecule has 1 N–H and O–H groups in total. The van der Waals surface area contributed by atoms with Crippen molar-refractivity contribution in [3.8, 4) is 11.5 Å². The first kappa shape index (κ1) is 14.5. The lowest BCUT2D eigenvalue weighted by molar-refractivity contribution is 0.467. The maximum Gasteiger partial charge on any atom is 0.131 e. The number of rotatable bonds is 6. The van der Waals surface area contributed by atoms with Gasteiger partial charge in [0.15, 0.2) is 0 Å². The van der Waals surface area contributed by atoms with Crippen LogP contribution in [0.25, 0.3) is 0 Å². The van der Waals surface area contributed by atoms with Crippen molar-refractivity contribution in [1.82, 2.24) is 5.32 Å². The molecule has 2 rings (SSSR count). The number of para-hydroxylation sites is 1. The van der Waals surface area contributed by atoms with Gasteiger partial charge in [-0.05, 0) is 49.7 Å². The van der Waals surface area contributed by atoms with Crippen LogP contribution in [0, 0.1) is 12.7 Å². The van der Waals surface area contributed by atoms with Crippen molar-refractivity contribution >= 4 is 0 Å². The zero-order valence-corrected chi connectivity index (χ0v) is 11.9. The van der Waals surface area contributed by atoms with E-state index in [1.807, 2.05) is 31.2 Å². The molecule has 0 fully saturated rings. The first-order valence-corrected chi connectivity index (χ1v) is 6.93. The Balaban J connectivity index is 2.16. The fourth-order valence-corrected chi connectivity index (χ4v) is 2.00. The average Bonchev–Trinajstić information content (AvgIpc) is 2.44. The molecule has 0 amide bonds. The Bertz CT molecular complexity index is 569. The van der Waals surface area contributed by atoms with Crippen LogP contribution in [0.2, 0.25) is 0 Å². The smallest absolute Gasteiger partial charge is 0.131 e. The molecule has 0 aliphatic carbocycles. The molecule has 0 bridgehead atoms. The Labute approximate surface area is 119 Å². The number of hydrogen-bond donors (Lipinski definition) is 1. The molecule has 2 aromatic rings. The molecule has 0 unspecified atom stereocenters. The van der Waals surface area contributed by atoms with Crippen molar-refractivity contribution in [3.63, 3.8) is 0 Å². The zero-order chi connectivity index (χ0) is 14.4. The Kier molecular flexibility index (Phi) is 5.13. The summed E-state index contributed by atoms with van der Waals surface area (Å²) in [5.41, 5.74) is 1.89. The molecule has 2 aromatic carbocycles. The minimum Gasteiger partial charge on any atom is -0.457 e. The number of aryl methyl sites for hydroxylation is 1. The first-order valence-electron chi connectivity index (χ1n) is 6.93. The van der Waals surface area contributed by atoms with E-state index >= 15 is 0 Å². The summed E-state index contributed by atoms with van der Waals surface area (Å²) in [6, 6.07) is 12.5. The first-order chi connectivity index (χ1) is 9.70. The Morgan fingerprint density at radius 3 is 2.65 bits per heavy atom. The van der Waals surface area contributed by atoms with Gasteiger partial charge in [-0.3, -0.25) is 0 Å². The molecule has 0 saturated carbocycles.